The van der Waals surface area contributed by atoms with Crippen molar-refractivity contribution in [2.45, 2.75) is 26.7 Å². The number of hydrogen-bond acceptors (Lipinski definition) is 0. The Balaban J connectivity index is 2.80. The lowest BCUT2D eigenvalue weighted by molar-refractivity contribution is 0.932. The third-order valence-electron chi connectivity index (χ3n) is 1.59. The summed E-state index contributed by atoms with van der Waals surface area (Å²) in [5.74, 6) is 0. The minimum Gasteiger partial charge on any atom is -0.122 e. The van der Waals surface area contributed by atoms with Crippen molar-refractivity contribution in [2.75, 3.05) is 0 Å². The SMILES string of the molecule is CC1=C=CC=C(C)CC1. The molecule has 0 nitrogen and oxygen atoms in total. The highest BCUT2D eigenvalue weighted by molar-refractivity contribution is 5.17. The van der Waals surface area contributed by atoms with Crippen LogP contribution in [0.25, 0.3) is 0 Å². The van der Waals surface area contributed by atoms with Crippen LogP contribution in [-0.2, 0) is 0 Å². The monoisotopic (exact) mass is 120 g/mol. The molecule has 0 aromatic heterocycles. The van der Waals surface area contributed by atoms with E-state index in [4.69, 9.17) is 0 Å². The molecular formula is C9H12. The maximum atomic E-state index is 3.19. The van der Waals surface area contributed by atoms with E-state index in [0.29, 0.717) is 0 Å². The summed E-state index contributed by atoms with van der Waals surface area (Å²) >= 11 is 0. The minimum absolute atomic E-state index is 1.18. The molecular weight excluding hydrogens is 108 g/mol. The lowest BCUT2D eigenvalue weighted by atomic mass is 10.1. The first-order valence-corrected chi connectivity index (χ1v) is 3.37. The number of allylic oxidation sites excluding steroid dienone is 3. The summed E-state index contributed by atoms with van der Waals surface area (Å²) in [6.07, 6.45) is 6.53. The van der Waals surface area contributed by atoms with Crippen LogP contribution in [0.15, 0.2) is 29.0 Å². The normalized spacial score (nSPS) is 18.4. The molecule has 0 saturated carbocycles. The average Bonchev–Trinajstić information content (AvgIpc) is 1.97. The summed E-state index contributed by atoms with van der Waals surface area (Å²) in [6.45, 7) is 4.29. The second-order valence-electron chi connectivity index (χ2n) is 2.60. The van der Waals surface area contributed by atoms with Gasteiger partial charge < -0.3 is 0 Å². The molecule has 1 rings (SSSR count). The van der Waals surface area contributed by atoms with E-state index in [1.165, 1.54) is 24.0 Å². The molecule has 0 radical (unpaired) electrons. The van der Waals surface area contributed by atoms with Crippen LogP contribution in [0.4, 0.5) is 0 Å². The van der Waals surface area contributed by atoms with Gasteiger partial charge >= 0.3 is 0 Å². The van der Waals surface area contributed by atoms with E-state index in [0.717, 1.165) is 0 Å². The van der Waals surface area contributed by atoms with Crippen molar-refractivity contribution < 1.29 is 0 Å². The molecule has 0 aromatic carbocycles. The molecule has 0 amide bonds. The van der Waals surface area contributed by atoms with E-state index in [2.05, 4.69) is 25.7 Å². The molecule has 0 bridgehead atoms. The molecule has 0 aromatic rings. The first-order chi connectivity index (χ1) is 4.29. The molecule has 0 saturated heterocycles. The predicted octanol–water partition coefficient (Wildman–Crippen LogP) is 2.83. The summed E-state index contributed by atoms with van der Waals surface area (Å²) in [6, 6.07) is 0. The molecule has 0 heterocycles. The predicted molar refractivity (Wildman–Crippen MR) is 40.3 cm³/mol. The lowest BCUT2D eigenvalue weighted by Crippen LogP contribution is -1.75. The van der Waals surface area contributed by atoms with E-state index in [9.17, 15) is 0 Å². The van der Waals surface area contributed by atoms with Gasteiger partial charge in [-0.2, -0.15) is 0 Å². The lowest BCUT2D eigenvalue weighted by Gasteiger charge is -1.94. The van der Waals surface area contributed by atoms with Crippen molar-refractivity contribution in [2.24, 2.45) is 0 Å². The Morgan fingerprint density at radius 1 is 1.33 bits per heavy atom. The first kappa shape index (κ1) is 6.38. The highest BCUT2D eigenvalue weighted by atomic mass is 14.0. The Bertz CT molecular complexity index is 188. The summed E-state index contributed by atoms with van der Waals surface area (Å²) < 4.78 is 0. The van der Waals surface area contributed by atoms with Crippen LogP contribution in [-0.4, -0.2) is 0 Å². The van der Waals surface area contributed by atoms with Gasteiger partial charge in [-0.15, -0.1) is 5.73 Å². The van der Waals surface area contributed by atoms with Gasteiger partial charge in [0.05, 0.1) is 0 Å². The van der Waals surface area contributed by atoms with E-state index in [-0.39, 0.29) is 0 Å². The fourth-order valence-electron chi connectivity index (χ4n) is 0.866. The largest absolute Gasteiger partial charge is 0.122 e. The molecule has 1 aliphatic carbocycles. The third kappa shape index (κ3) is 1.91. The molecule has 1 aliphatic rings. The average molecular weight is 120 g/mol. The summed E-state index contributed by atoms with van der Waals surface area (Å²) in [5.41, 5.74) is 6.01. The van der Waals surface area contributed by atoms with Gasteiger partial charge in [0, 0.05) is 0 Å². The molecule has 0 aliphatic heterocycles. The van der Waals surface area contributed by atoms with Crippen LogP contribution in [0, 0.1) is 0 Å². The van der Waals surface area contributed by atoms with Crippen molar-refractivity contribution in [3.05, 3.63) is 29.0 Å². The van der Waals surface area contributed by atoms with E-state index < -0.39 is 0 Å². The van der Waals surface area contributed by atoms with Crippen LogP contribution < -0.4 is 0 Å². The Labute approximate surface area is 56.6 Å². The van der Waals surface area contributed by atoms with Gasteiger partial charge in [0.1, 0.15) is 0 Å². The third-order valence-corrected chi connectivity index (χ3v) is 1.59. The molecule has 0 atom stereocenters. The van der Waals surface area contributed by atoms with E-state index >= 15 is 0 Å². The fourth-order valence-corrected chi connectivity index (χ4v) is 0.866. The Morgan fingerprint density at radius 2 is 2.11 bits per heavy atom. The van der Waals surface area contributed by atoms with Gasteiger partial charge in [-0.05, 0) is 38.3 Å². The van der Waals surface area contributed by atoms with Crippen molar-refractivity contribution in [1.29, 1.82) is 0 Å². The van der Waals surface area contributed by atoms with Gasteiger partial charge in [0.2, 0.25) is 0 Å². The van der Waals surface area contributed by atoms with Gasteiger partial charge in [0.15, 0.2) is 0 Å². The molecule has 0 heteroatoms. The maximum absolute atomic E-state index is 3.19. The zero-order chi connectivity index (χ0) is 6.69. The molecule has 0 spiro atoms. The molecule has 9 heavy (non-hydrogen) atoms. The van der Waals surface area contributed by atoms with Gasteiger partial charge in [-0.1, -0.05) is 11.6 Å². The van der Waals surface area contributed by atoms with Gasteiger partial charge in [-0.3, -0.25) is 0 Å². The van der Waals surface area contributed by atoms with E-state index in [1.54, 1.807) is 0 Å². The van der Waals surface area contributed by atoms with Crippen LogP contribution in [0.3, 0.4) is 0 Å². The van der Waals surface area contributed by atoms with Crippen LogP contribution in [0.5, 0.6) is 0 Å². The van der Waals surface area contributed by atoms with Crippen LogP contribution in [0.2, 0.25) is 0 Å². The van der Waals surface area contributed by atoms with Gasteiger partial charge in [0.25, 0.3) is 0 Å². The van der Waals surface area contributed by atoms with Crippen molar-refractivity contribution in [1.82, 2.24) is 0 Å². The van der Waals surface area contributed by atoms with Crippen molar-refractivity contribution in [3.63, 3.8) is 0 Å². The summed E-state index contributed by atoms with van der Waals surface area (Å²) in [4.78, 5) is 0. The second kappa shape index (κ2) is 2.70. The zero-order valence-electron chi connectivity index (χ0n) is 6.07. The quantitative estimate of drug-likeness (QED) is 0.431. The fraction of sp³-hybridized carbons (Fsp3) is 0.444. The Hall–Kier alpha value is -0.740. The highest BCUT2D eigenvalue weighted by Gasteiger charge is 1.92. The minimum atomic E-state index is 1.18. The Morgan fingerprint density at radius 3 is 2.89 bits per heavy atom. The van der Waals surface area contributed by atoms with Crippen molar-refractivity contribution in [3.8, 4) is 0 Å². The molecule has 0 N–H and O–H groups in total. The molecule has 0 fully saturated rings. The maximum Gasteiger partial charge on any atom is -0.0201 e. The highest BCUT2D eigenvalue weighted by Crippen LogP contribution is 2.12. The zero-order valence-corrected chi connectivity index (χ0v) is 6.07. The Kier molecular flexibility index (Phi) is 1.92. The standard InChI is InChI=1S/C9H12/c1-8-4-3-5-9(2)7-6-8/h3-4H,6-7H2,1-2H3. The van der Waals surface area contributed by atoms with Gasteiger partial charge in [-0.25, -0.2) is 0 Å². The van der Waals surface area contributed by atoms with Crippen molar-refractivity contribution >= 4 is 0 Å². The molecule has 0 unspecified atom stereocenters. The van der Waals surface area contributed by atoms with E-state index in [1.807, 2.05) is 6.08 Å². The molecule has 48 valence electrons. The summed E-state index contributed by atoms with van der Waals surface area (Å²) in [7, 11) is 0. The second-order valence-corrected chi connectivity index (χ2v) is 2.60. The first-order valence-electron chi connectivity index (χ1n) is 3.37. The number of hydrogen-bond donors (Lipinski definition) is 0. The topological polar surface area (TPSA) is 0 Å². The summed E-state index contributed by atoms with van der Waals surface area (Å²) in [5, 5.41) is 0. The van der Waals surface area contributed by atoms with Crippen LogP contribution >= 0.6 is 0 Å². The van der Waals surface area contributed by atoms with Crippen LogP contribution in [0.1, 0.15) is 26.7 Å². The number of rotatable bonds is 0. The smallest absolute Gasteiger partial charge is 0.0201 e.